The van der Waals surface area contributed by atoms with Gasteiger partial charge in [0.15, 0.2) is 0 Å². The maximum Gasteiger partial charge on any atom is 0.126 e. The van der Waals surface area contributed by atoms with Crippen molar-refractivity contribution in [2.45, 2.75) is 31.2 Å². The van der Waals surface area contributed by atoms with E-state index in [1.165, 1.54) is 12.1 Å². The monoisotopic (exact) mass is 245 g/mol. The number of benzene rings is 1. The molecule has 0 radical (unpaired) electrons. The first kappa shape index (κ1) is 11.4. The van der Waals surface area contributed by atoms with E-state index in [1.807, 2.05) is 0 Å². The van der Waals surface area contributed by atoms with E-state index < -0.39 is 0 Å². The van der Waals surface area contributed by atoms with E-state index in [-0.39, 0.29) is 11.4 Å². The molecule has 3 rings (SSSR count). The van der Waals surface area contributed by atoms with Gasteiger partial charge in [0.05, 0.1) is 17.4 Å². The summed E-state index contributed by atoms with van der Waals surface area (Å²) in [7, 11) is 0. The lowest BCUT2D eigenvalue weighted by Crippen LogP contribution is -2.34. The van der Waals surface area contributed by atoms with Crippen LogP contribution in [0.1, 0.15) is 31.5 Å². The fraction of sp³-hybridized carbons (Fsp3) is 0.357. The summed E-state index contributed by atoms with van der Waals surface area (Å²) in [6.45, 7) is 0. The van der Waals surface area contributed by atoms with Crippen molar-refractivity contribution in [3.05, 3.63) is 42.1 Å². The highest BCUT2D eigenvalue weighted by molar-refractivity contribution is 5.58. The highest BCUT2D eigenvalue weighted by atomic mass is 19.1. The molecule has 0 amide bonds. The van der Waals surface area contributed by atoms with Crippen LogP contribution in [-0.4, -0.2) is 9.97 Å². The third kappa shape index (κ3) is 1.93. The number of imidazole rings is 1. The zero-order valence-corrected chi connectivity index (χ0v) is 10.1. The van der Waals surface area contributed by atoms with Crippen molar-refractivity contribution in [1.82, 2.24) is 9.97 Å². The van der Waals surface area contributed by atoms with Gasteiger partial charge in [0.1, 0.15) is 11.6 Å². The molecule has 1 aliphatic carbocycles. The van der Waals surface area contributed by atoms with Crippen LogP contribution in [0, 0.1) is 5.82 Å². The summed E-state index contributed by atoms with van der Waals surface area (Å²) in [5, 5.41) is 0. The van der Waals surface area contributed by atoms with Crippen LogP contribution in [0.5, 0.6) is 0 Å². The highest BCUT2D eigenvalue weighted by Crippen LogP contribution is 2.35. The van der Waals surface area contributed by atoms with Crippen molar-refractivity contribution >= 4 is 0 Å². The fourth-order valence-electron chi connectivity index (χ4n) is 2.59. The molecule has 0 aliphatic heterocycles. The first-order chi connectivity index (χ1) is 8.67. The smallest absolute Gasteiger partial charge is 0.126 e. The molecule has 1 aliphatic rings. The molecule has 0 saturated heterocycles. The maximum atomic E-state index is 12.9. The second-order valence-corrected chi connectivity index (χ2v) is 5.02. The number of hydrogen-bond donors (Lipinski definition) is 2. The van der Waals surface area contributed by atoms with Gasteiger partial charge in [-0.2, -0.15) is 0 Å². The van der Waals surface area contributed by atoms with Crippen molar-refractivity contribution in [3.63, 3.8) is 0 Å². The molecule has 3 N–H and O–H groups in total. The number of hydrogen-bond acceptors (Lipinski definition) is 2. The summed E-state index contributed by atoms with van der Waals surface area (Å²) < 4.78 is 12.9. The molecule has 18 heavy (non-hydrogen) atoms. The molecule has 1 saturated carbocycles. The van der Waals surface area contributed by atoms with Crippen LogP contribution in [0.3, 0.4) is 0 Å². The van der Waals surface area contributed by atoms with Crippen molar-refractivity contribution in [2.75, 3.05) is 0 Å². The molecule has 1 aromatic carbocycles. The maximum absolute atomic E-state index is 12.9. The predicted octanol–water partition coefficient (Wildman–Crippen LogP) is 2.94. The summed E-state index contributed by atoms with van der Waals surface area (Å²) in [6.07, 6.45) is 6.04. The Hall–Kier alpha value is -1.68. The van der Waals surface area contributed by atoms with Gasteiger partial charge in [-0.05, 0) is 42.7 Å². The van der Waals surface area contributed by atoms with E-state index in [9.17, 15) is 4.39 Å². The van der Waals surface area contributed by atoms with Crippen LogP contribution in [0.25, 0.3) is 11.3 Å². The summed E-state index contributed by atoms with van der Waals surface area (Å²) in [4.78, 5) is 7.67. The van der Waals surface area contributed by atoms with Gasteiger partial charge in [0.2, 0.25) is 0 Å². The third-order valence-electron chi connectivity index (χ3n) is 3.70. The quantitative estimate of drug-likeness (QED) is 0.854. The Morgan fingerprint density at radius 1 is 1.17 bits per heavy atom. The number of nitrogens with two attached hydrogens (primary N) is 1. The first-order valence-corrected chi connectivity index (χ1v) is 6.28. The van der Waals surface area contributed by atoms with E-state index in [4.69, 9.17) is 5.73 Å². The summed E-state index contributed by atoms with van der Waals surface area (Å²) >= 11 is 0. The lowest BCUT2D eigenvalue weighted by molar-refractivity contribution is 0.436. The molecule has 1 aromatic heterocycles. The lowest BCUT2D eigenvalue weighted by Gasteiger charge is -2.20. The Labute approximate surface area is 105 Å². The highest BCUT2D eigenvalue weighted by Gasteiger charge is 2.33. The van der Waals surface area contributed by atoms with Gasteiger partial charge >= 0.3 is 0 Å². The Morgan fingerprint density at radius 3 is 2.50 bits per heavy atom. The van der Waals surface area contributed by atoms with Gasteiger partial charge in [-0.15, -0.1) is 0 Å². The van der Waals surface area contributed by atoms with E-state index in [1.54, 1.807) is 18.3 Å². The average molecular weight is 245 g/mol. The molecule has 0 spiro atoms. The van der Waals surface area contributed by atoms with E-state index >= 15 is 0 Å². The van der Waals surface area contributed by atoms with E-state index in [2.05, 4.69) is 9.97 Å². The fourth-order valence-corrected chi connectivity index (χ4v) is 2.59. The normalized spacial score (nSPS) is 18.1. The van der Waals surface area contributed by atoms with Gasteiger partial charge in [0, 0.05) is 0 Å². The molecule has 2 aromatic rings. The second-order valence-electron chi connectivity index (χ2n) is 5.02. The second kappa shape index (κ2) is 4.21. The number of nitrogens with one attached hydrogen (secondary N) is 1. The summed E-state index contributed by atoms with van der Waals surface area (Å²) in [5.41, 5.74) is 7.85. The molecule has 3 nitrogen and oxygen atoms in total. The largest absolute Gasteiger partial charge is 0.340 e. The van der Waals surface area contributed by atoms with Gasteiger partial charge in [-0.1, -0.05) is 12.8 Å². The molecular weight excluding hydrogens is 229 g/mol. The average Bonchev–Trinajstić information content (AvgIpc) is 2.99. The Balaban J connectivity index is 1.91. The minimum absolute atomic E-state index is 0.232. The Bertz CT molecular complexity index is 538. The number of H-pyrrole nitrogens is 1. The van der Waals surface area contributed by atoms with Crippen LogP contribution in [0.2, 0.25) is 0 Å². The number of halogens is 1. The van der Waals surface area contributed by atoms with Crippen LogP contribution < -0.4 is 5.73 Å². The van der Waals surface area contributed by atoms with Crippen LogP contribution in [0.15, 0.2) is 30.5 Å². The van der Waals surface area contributed by atoms with Crippen molar-refractivity contribution in [1.29, 1.82) is 0 Å². The lowest BCUT2D eigenvalue weighted by atomic mass is 9.99. The van der Waals surface area contributed by atoms with Gasteiger partial charge in [-0.3, -0.25) is 0 Å². The van der Waals surface area contributed by atoms with Crippen LogP contribution >= 0.6 is 0 Å². The van der Waals surface area contributed by atoms with Crippen LogP contribution in [-0.2, 0) is 5.54 Å². The molecule has 1 fully saturated rings. The molecule has 0 unspecified atom stereocenters. The molecule has 94 valence electrons. The number of nitrogens with zero attached hydrogens (tertiary/aromatic N) is 1. The van der Waals surface area contributed by atoms with Gasteiger partial charge < -0.3 is 10.7 Å². The minimum Gasteiger partial charge on any atom is -0.340 e. The molecule has 1 heterocycles. The standard InChI is InChI=1S/C14H16FN3/c15-11-5-3-10(4-6-11)12-9-17-13(18-12)14(16)7-1-2-8-14/h3-6,9H,1-2,7-8,16H2,(H,17,18). The Morgan fingerprint density at radius 2 is 1.83 bits per heavy atom. The van der Waals surface area contributed by atoms with Crippen LogP contribution in [0.4, 0.5) is 4.39 Å². The van der Waals surface area contributed by atoms with E-state index in [0.717, 1.165) is 42.8 Å². The topological polar surface area (TPSA) is 54.7 Å². The van der Waals surface area contributed by atoms with Crippen molar-refractivity contribution < 1.29 is 4.39 Å². The summed E-state index contributed by atoms with van der Waals surface area (Å²) in [6, 6.07) is 6.38. The molecule has 4 heteroatoms. The third-order valence-corrected chi connectivity index (χ3v) is 3.70. The number of rotatable bonds is 2. The zero-order valence-electron chi connectivity index (χ0n) is 10.1. The number of aromatic amines is 1. The van der Waals surface area contributed by atoms with Crippen molar-refractivity contribution in [3.8, 4) is 11.3 Å². The van der Waals surface area contributed by atoms with Crippen molar-refractivity contribution in [2.24, 2.45) is 5.73 Å². The molecular formula is C14H16FN3. The Kier molecular flexibility index (Phi) is 2.67. The number of aromatic nitrogens is 2. The molecule has 0 bridgehead atoms. The zero-order chi connectivity index (χ0) is 12.6. The summed E-state index contributed by atoms with van der Waals surface area (Å²) in [5.74, 6) is 0.615. The minimum atomic E-state index is -0.307. The molecule has 0 atom stereocenters. The predicted molar refractivity (Wildman–Crippen MR) is 68.3 cm³/mol. The SMILES string of the molecule is NC1(c2ncc(-c3ccc(F)cc3)[nH]2)CCCC1. The van der Waals surface area contributed by atoms with Gasteiger partial charge in [0.25, 0.3) is 0 Å². The van der Waals surface area contributed by atoms with E-state index in [0.29, 0.717) is 0 Å². The first-order valence-electron chi connectivity index (χ1n) is 6.28. The van der Waals surface area contributed by atoms with Gasteiger partial charge in [-0.25, -0.2) is 9.37 Å².